The summed E-state index contributed by atoms with van der Waals surface area (Å²) in [5.41, 5.74) is 3.68. The van der Waals surface area contributed by atoms with Crippen molar-refractivity contribution < 1.29 is 14.7 Å². The van der Waals surface area contributed by atoms with Crippen molar-refractivity contribution in [2.45, 2.75) is 45.1 Å². The van der Waals surface area contributed by atoms with E-state index in [4.69, 9.17) is 5.11 Å². The second kappa shape index (κ2) is 5.87. The van der Waals surface area contributed by atoms with Crippen molar-refractivity contribution in [3.63, 3.8) is 0 Å². The molecule has 2 N–H and O–H groups in total. The number of carboxylic acid groups (broad SMARTS) is 1. The number of aryl methyl sites for hydroxylation is 2. The average Bonchev–Trinajstić information content (AvgIpc) is 2.37. The molecule has 1 aliphatic carbocycles. The van der Waals surface area contributed by atoms with Crippen molar-refractivity contribution >= 4 is 11.9 Å². The van der Waals surface area contributed by atoms with Crippen molar-refractivity contribution in [2.75, 3.05) is 0 Å². The molecule has 0 aliphatic heterocycles. The first kappa shape index (κ1) is 13.6. The molecule has 1 amide bonds. The molecule has 0 heterocycles. The Kier molecular flexibility index (Phi) is 4.20. The third kappa shape index (κ3) is 3.56. The summed E-state index contributed by atoms with van der Waals surface area (Å²) in [7, 11) is 0. The second-order valence-electron chi connectivity index (χ2n) is 5.11. The van der Waals surface area contributed by atoms with Crippen molar-refractivity contribution in [1.29, 1.82) is 0 Å². The SMILES string of the molecule is CC(=O)N[C@H](Cc1ccc2c(c1)CCCC2)C(=O)O. The molecule has 1 aromatic carbocycles. The van der Waals surface area contributed by atoms with Crippen LogP contribution in [0.1, 0.15) is 36.5 Å². The monoisotopic (exact) mass is 261 g/mol. The average molecular weight is 261 g/mol. The Balaban J connectivity index is 2.12. The lowest BCUT2D eigenvalue weighted by molar-refractivity contribution is -0.141. The van der Waals surface area contributed by atoms with Gasteiger partial charge in [0, 0.05) is 13.3 Å². The van der Waals surface area contributed by atoms with Crippen LogP contribution in [0, 0.1) is 0 Å². The highest BCUT2D eigenvalue weighted by molar-refractivity contribution is 5.82. The molecule has 1 atom stereocenters. The van der Waals surface area contributed by atoms with E-state index in [0.717, 1.165) is 18.4 Å². The first-order chi connectivity index (χ1) is 9.06. The minimum Gasteiger partial charge on any atom is -0.480 e. The largest absolute Gasteiger partial charge is 0.480 e. The molecule has 102 valence electrons. The maximum Gasteiger partial charge on any atom is 0.326 e. The zero-order valence-electron chi connectivity index (χ0n) is 11.1. The molecule has 2 rings (SSSR count). The second-order valence-corrected chi connectivity index (χ2v) is 5.11. The van der Waals surface area contributed by atoms with Gasteiger partial charge in [0.25, 0.3) is 0 Å². The lowest BCUT2D eigenvalue weighted by atomic mass is 9.89. The highest BCUT2D eigenvalue weighted by atomic mass is 16.4. The number of hydrogen-bond donors (Lipinski definition) is 2. The standard InChI is InChI=1S/C15H19NO3/c1-10(17)16-14(15(18)19)9-11-6-7-12-4-2-3-5-13(12)8-11/h6-8,14H,2-5,9H2,1H3,(H,16,17)(H,18,19)/t14-/m1/s1. The third-order valence-electron chi connectivity index (χ3n) is 3.53. The van der Waals surface area contributed by atoms with Crippen molar-refractivity contribution in [1.82, 2.24) is 5.32 Å². The van der Waals surface area contributed by atoms with Gasteiger partial charge in [-0.15, -0.1) is 0 Å². The summed E-state index contributed by atoms with van der Waals surface area (Å²) in [6.07, 6.45) is 4.95. The number of aliphatic carboxylic acids is 1. The maximum atomic E-state index is 11.1. The molecule has 1 aromatic rings. The van der Waals surface area contributed by atoms with Crippen LogP contribution < -0.4 is 5.32 Å². The molecule has 0 saturated heterocycles. The van der Waals surface area contributed by atoms with Gasteiger partial charge in [0.1, 0.15) is 6.04 Å². The number of carbonyl (C=O) groups is 2. The minimum absolute atomic E-state index is 0.314. The van der Waals surface area contributed by atoms with Gasteiger partial charge in [0.15, 0.2) is 0 Å². The molecule has 4 nitrogen and oxygen atoms in total. The fourth-order valence-electron chi connectivity index (χ4n) is 2.59. The molecular formula is C15H19NO3. The molecule has 19 heavy (non-hydrogen) atoms. The van der Waals surface area contributed by atoms with Gasteiger partial charge in [-0.1, -0.05) is 18.2 Å². The number of amides is 1. The highest BCUT2D eigenvalue weighted by Crippen LogP contribution is 2.22. The molecule has 0 saturated carbocycles. The number of benzene rings is 1. The fourth-order valence-corrected chi connectivity index (χ4v) is 2.59. The predicted molar refractivity (Wildman–Crippen MR) is 72.0 cm³/mol. The molecule has 0 fully saturated rings. The zero-order valence-corrected chi connectivity index (χ0v) is 11.1. The number of nitrogens with one attached hydrogen (secondary N) is 1. The van der Waals surface area contributed by atoms with E-state index in [1.54, 1.807) is 0 Å². The Labute approximate surface area is 112 Å². The Bertz CT molecular complexity index is 496. The van der Waals surface area contributed by atoms with Gasteiger partial charge in [0.05, 0.1) is 0 Å². The summed E-state index contributed by atoms with van der Waals surface area (Å²) >= 11 is 0. The van der Waals surface area contributed by atoms with E-state index in [1.807, 2.05) is 6.07 Å². The van der Waals surface area contributed by atoms with Crippen molar-refractivity contribution in [3.8, 4) is 0 Å². The van der Waals surface area contributed by atoms with Crippen LogP contribution in [0.25, 0.3) is 0 Å². The van der Waals surface area contributed by atoms with Crippen LogP contribution in [-0.2, 0) is 28.9 Å². The topological polar surface area (TPSA) is 66.4 Å². The van der Waals surface area contributed by atoms with Crippen LogP contribution in [0.5, 0.6) is 0 Å². The van der Waals surface area contributed by atoms with Gasteiger partial charge < -0.3 is 10.4 Å². The van der Waals surface area contributed by atoms with E-state index in [2.05, 4.69) is 17.4 Å². The van der Waals surface area contributed by atoms with Gasteiger partial charge in [-0.3, -0.25) is 4.79 Å². The molecule has 0 radical (unpaired) electrons. The summed E-state index contributed by atoms with van der Waals surface area (Å²) in [5, 5.41) is 11.6. The summed E-state index contributed by atoms with van der Waals surface area (Å²) in [6.45, 7) is 1.34. The summed E-state index contributed by atoms with van der Waals surface area (Å²) in [6, 6.07) is 5.31. The van der Waals surface area contributed by atoms with Crippen LogP contribution in [0.4, 0.5) is 0 Å². The first-order valence-corrected chi connectivity index (χ1v) is 6.67. The molecule has 1 aliphatic rings. The molecule has 0 spiro atoms. The number of carboxylic acids is 1. The minimum atomic E-state index is -0.993. The zero-order chi connectivity index (χ0) is 13.8. The summed E-state index contributed by atoms with van der Waals surface area (Å²) < 4.78 is 0. The summed E-state index contributed by atoms with van der Waals surface area (Å²) in [4.78, 5) is 22.1. The van der Waals surface area contributed by atoms with E-state index < -0.39 is 12.0 Å². The van der Waals surface area contributed by atoms with Crippen LogP contribution in [-0.4, -0.2) is 23.0 Å². The van der Waals surface area contributed by atoms with Gasteiger partial charge in [-0.25, -0.2) is 4.79 Å². The molecular weight excluding hydrogens is 242 g/mol. The van der Waals surface area contributed by atoms with Crippen molar-refractivity contribution in [3.05, 3.63) is 34.9 Å². The lowest BCUT2D eigenvalue weighted by Crippen LogP contribution is -2.41. The van der Waals surface area contributed by atoms with Gasteiger partial charge in [0.2, 0.25) is 5.91 Å². The van der Waals surface area contributed by atoms with Crippen LogP contribution in [0.2, 0.25) is 0 Å². The van der Waals surface area contributed by atoms with Gasteiger partial charge in [-0.05, 0) is 42.4 Å². The van der Waals surface area contributed by atoms with E-state index in [0.29, 0.717) is 6.42 Å². The predicted octanol–water partition coefficient (Wildman–Crippen LogP) is 1.70. The smallest absolute Gasteiger partial charge is 0.326 e. The van der Waals surface area contributed by atoms with E-state index in [9.17, 15) is 9.59 Å². The van der Waals surface area contributed by atoms with Crippen LogP contribution in [0.3, 0.4) is 0 Å². The number of carbonyl (C=O) groups excluding carboxylic acids is 1. The first-order valence-electron chi connectivity index (χ1n) is 6.67. The van der Waals surface area contributed by atoms with E-state index >= 15 is 0 Å². The fraction of sp³-hybridized carbons (Fsp3) is 0.467. The number of fused-ring (bicyclic) bond motifs is 1. The Morgan fingerprint density at radius 3 is 2.58 bits per heavy atom. The number of rotatable bonds is 4. The quantitative estimate of drug-likeness (QED) is 0.867. The highest BCUT2D eigenvalue weighted by Gasteiger charge is 2.19. The van der Waals surface area contributed by atoms with Gasteiger partial charge in [-0.2, -0.15) is 0 Å². The Hall–Kier alpha value is -1.84. The normalized spacial score (nSPS) is 15.4. The van der Waals surface area contributed by atoms with Crippen LogP contribution in [0.15, 0.2) is 18.2 Å². The molecule has 4 heteroatoms. The Morgan fingerprint density at radius 2 is 1.95 bits per heavy atom. The van der Waals surface area contributed by atoms with Gasteiger partial charge >= 0.3 is 5.97 Å². The number of hydrogen-bond acceptors (Lipinski definition) is 2. The maximum absolute atomic E-state index is 11.1. The van der Waals surface area contributed by atoms with Crippen molar-refractivity contribution in [2.24, 2.45) is 0 Å². The lowest BCUT2D eigenvalue weighted by Gasteiger charge is -2.18. The Morgan fingerprint density at radius 1 is 1.26 bits per heavy atom. The summed E-state index contributed by atoms with van der Waals surface area (Å²) in [5.74, 6) is -1.31. The third-order valence-corrected chi connectivity index (χ3v) is 3.53. The van der Waals surface area contributed by atoms with E-state index in [-0.39, 0.29) is 5.91 Å². The molecule has 0 aromatic heterocycles. The molecule has 0 unspecified atom stereocenters. The molecule has 0 bridgehead atoms. The van der Waals surface area contributed by atoms with Crippen LogP contribution >= 0.6 is 0 Å². The van der Waals surface area contributed by atoms with E-state index in [1.165, 1.54) is 30.9 Å².